The first-order valence-electron chi connectivity index (χ1n) is 7.29. The van der Waals surface area contributed by atoms with Gasteiger partial charge in [-0.2, -0.15) is 0 Å². The lowest BCUT2D eigenvalue weighted by atomic mass is 10.2. The lowest BCUT2D eigenvalue weighted by Crippen LogP contribution is -2.36. The number of aliphatic hydroxyl groups is 1. The Hall–Kier alpha value is -2.34. The molecule has 0 saturated heterocycles. The fraction of sp³-hybridized carbons (Fsp3) is 0.375. The molecule has 22 heavy (non-hydrogen) atoms. The second-order valence-electron chi connectivity index (χ2n) is 5.24. The number of benzene rings is 1. The summed E-state index contributed by atoms with van der Waals surface area (Å²) in [7, 11) is 0. The number of oxazole rings is 1. The number of nitrogens with zero attached hydrogens (tertiary/aromatic N) is 1. The van der Waals surface area contributed by atoms with Gasteiger partial charge in [-0.3, -0.25) is 0 Å². The zero-order valence-corrected chi connectivity index (χ0v) is 12.8. The van der Waals surface area contributed by atoms with Gasteiger partial charge < -0.3 is 20.2 Å². The number of aryl methyl sites for hydroxylation is 1. The highest BCUT2D eigenvalue weighted by molar-refractivity contribution is 5.90. The van der Waals surface area contributed by atoms with Crippen molar-refractivity contribution in [2.24, 2.45) is 0 Å². The fourth-order valence-corrected chi connectivity index (χ4v) is 2.08. The van der Waals surface area contributed by atoms with E-state index in [0.29, 0.717) is 18.0 Å². The average molecular weight is 303 g/mol. The largest absolute Gasteiger partial charge is 0.444 e. The first-order chi connectivity index (χ1) is 10.6. The predicted molar refractivity (Wildman–Crippen MR) is 84.6 cm³/mol. The van der Waals surface area contributed by atoms with E-state index in [2.05, 4.69) is 15.6 Å². The summed E-state index contributed by atoms with van der Waals surface area (Å²) in [5.74, 6) is 0.526. The molecule has 1 unspecified atom stereocenters. The van der Waals surface area contributed by atoms with Crippen molar-refractivity contribution >= 4 is 11.7 Å². The highest BCUT2D eigenvalue weighted by Gasteiger charge is 2.09. The Kier molecular flexibility index (Phi) is 5.55. The number of carbonyl (C=O) groups excluding carboxylic acids is 1. The van der Waals surface area contributed by atoms with Gasteiger partial charge >= 0.3 is 6.03 Å². The number of carbonyl (C=O) groups is 1. The second-order valence-corrected chi connectivity index (χ2v) is 5.24. The molecule has 118 valence electrons. The van der Waals surface area contributed by atoms with Crippen LogP contribution in [0.15, 0.2) is 34.9 Å². The van der Waals surface area contributed by atoms with Crippen molar-refractivity contribution in [1.29, 1.82) is 0 Å². The smallest absolute Gasteiger partial charge is 0.319 e. The van der Waals surface area contributed by atoms with E-state index in [1.807, 2.05) is 32.0 Å². The van der Waals surface area contributed by atoms with E-state index < -0.39 is 0 Å². The number of hydrogen-bond acceptors (Lipinski definition) is 4. The minimum Gasteiger partial charge on any atom is -0.444 e. The van der Waals surface area contributed by atoms with E-state index in [0.717, 1.165) is 17.7 Å². The maximum atomic E-state index is 11.9. The lowest BCUT2D eigenvalue weighted by molar-refractivity contribution is 0.245. The Morgan fingerprint density at radius 1 is 1.45 bits per heavy atom. The molecule has 0 spiro atoms. The van der Waals surface area contributed by atoms with Gasteiger partial charge in [-0.05, 0) is 44.9 Å². The van der Waals surface area contributed by atoms with E-state index >= 15 is 0 Å². The van der Waals surface area contributed by atoms with Crippen LogP contribution >= 0.6 is 0 Å². The monoisotopic (exact) mass is 303 g/mol. The molecule has 6 heteroatoms. The van der Waals surface area contributed by atoms with Gasteiger partial charge in [0, 0.05) is 23.9 Å². The molecule has 0 radical (unpaired) electrons. The summed E-state index contributed by atoms with van der Waals surface area (Å²) in [6, 6.07) is 7.05. The van der Waals surface area contributed by atoms with Gasteiger partial charge in [-0.15, -0.1) is 0 Å². The predicted octanol–water partition coefficient (Wildman–Crippen LogP) is 2.93. The number of rotatable bonds is 6. The first kappa shape index (κ1) is 16.0. The Morgan fingerprint density at radius 2 is 2.27 bits per heavy atom. The molecule has 0 saturated carbocycles. The summed E-state index contributed by atoms with van der Waals surface area (Å²) in [5.41, 5.74) is 2.28. The Labute approximate surface area is 129 Å². The minimum atomic E-state index is -0.272. The highest BCUT2D eigenvalue weighted by Crippen LogP contribution is 2.21. The van der Waals surface area contributed by atoms with Gasteiger partial charge in [0.2, 0.25) is 5.89 Å². The molecule has 0 aliphatic heterocycles. The van der Waals surface area contributed by atoms with Crippen LogP contribution in [0.2, 0.25) is 0 Å². The number of anilines is 1. The van der Waals surface area contributed by atoms with Crippen molar-refractivity contribution in [3.63, 3.8) is 0 Å². The van der Waals surface area contributed by atoms with E-state index in [1.165, 1.54) is 0 Å². The van der Waals surface area contributed by atoms with Gasteiger partial charge in [-0.1, -0.05) is 6.07 Å². The van der Waals surface area contributed by atoms with Gasteiger partial charge in [0.15, 0.2) is 0 Å². The van der Waals surface area contributed by atoms with Crippen LogP contribution in [0.4, 0.5) is 10.5 Å². The second kappa shape index (κ2) is 7.61. The van der Waals surface area contributed by atoms with Crippen molar-refractivity contribution < 1.29 is 14.3 Å². The summed E-state index contributed by atoms with van der Waals surface area (Å²) < 4.78 is 5.36. The standard InChI is InChI=1S/C16H21N3O3/c1-11(5-4-8-20)18-16(21)19-14-7-3-6-13(9-14)15-17-12(2)10-22-15/h3,6-7,9-11,20H,4-5,8H2,1-2H3,(H2,18,19,21). The molecule has 1 aromatic carbocycles. The highest BCUT2D eigenvalue weighted by atomic mass is 16.3. The molecule has 0 bridgehead atoms. The number of nitrogens with one attached hydrogen (secondary N) is 2. The van der Waals surface area contributed by atoms with Crippen LogP contribution in [0.3, 0.4) is 0 Å². The maximum Gasteiger partial charge on any atom is 0.319 e. The molecule has 2 rings (SSSR count). The third-order valence-corrected chi connectivity index (χ3v) is 3.16. The summed E-state index contributed by atoms with van der Waals surface area (Å²) in [4.78, 5) is 16.2. The molecule has 6 nitrogen and oxygen atoms in total. The SMILES string of the molecule is Cc1coc(-c2cccc(NC(=O)NC(C)CCCO)c2)n1. The molecule has 3 N–H and O–H groups in total. The van der Waals surface area contributed by atoms with Crippen LogP contribution in [0.5, 0.6) is 0 Å². The third kappa shape index (κ3) is 4.60. The van der Waals surface area contributed by atoms with Crippen molar-refractivity contribution in [3.05, 3.63) is 36.2 Å². The van der Waals surface area contributed by atoms with Crippen LogP contribution in [-0.2, 0) is 0 Å². The van der Waals surface area contributed by atoms with E-state index in [-0.39, 0.29) is 18.7 Å². The van der Waals surface area contributed by atoms with Crippen molar-refractivity contribution in [1.82, 2.24) is 10.3 Å². The third-order valence-electron chi connectivity index (χ3n) is 3.16. The summed E-state index contributed by atoms with van der Waals surface area (Å²) in [6.07, 6.45) is 2.99. The molecule has 1 aromatic heterocycles. The molecular formula is C16H21N3O3. The number of amides is 2. The molecule has 0 fully saturated rings. The van der Waals surface area contributed by atoms with Gasteiger partial charge in [0.25, 0.3) is 0 Å². The Morgan fingerprint density at radius 3 is 2.95 bits per heavy atom. The van der Waals surface area contributed by atoms with E-state index in [1.54, 1.807) is 12.3 Å². The minimum absolute atomic E-state index is 0.00437. The van der Waals surface area contributed by atoms with Crippen LogP contribution in [0, 0.1) is 6.92 Å². The Balaban J connectivity index is 1.97. The van der Waals surface area contributed by atoms with Crippen molar-refractivity contribution in [3.8, 4) is 11.5 Å². The van der Waals surface area contributed by atoms with Crippen molar-refractivity contribution in [2.75, 3.05) is 11.9 Å². The number of urea groups is 1. The molecule has 2 amide bonds. The first-order valence-corrected chi connectivity index (χ1v) is 7.29. The van der Waals surface area contributed by atoms with Gasteiger partial charge in [0.1, 0.15) is 6.26 Å². The molecule has 1 atom stereocenters. The van der Waals surface area contributed by atoms with Crippen LogP contribution in [0.25, 0.3) is 11.5 Å². The number of aromatic nitrogens is 1. The van der Waals surface area contributed by atoms with Gasteiger partial charge in [0.05, 0.1) is 5.69 Å². The molecule has 2 aromatic rings. The number of aliphatic hydroxyl groups excluding tert-OH is 1. The fourth-order valence-electron chi connectivity index (χ4n) is 2.08. The zero-order valence-electron chi connectivity index (χ0n) is 12.8. The van der Waals surface area contributed by atoms with E-state index in [9.17, 15) is 4.79 Å². The van der Waals surface area contributed by atoms with Gasteiger partial charge in [-0.25, -0.2) is 9.78 Å². The van der Waals surface area contributed by atoms with Crippen LogP contribution in [-0.4, -0.2) is 28.8 Å². The van der Waals surface area contributed by atoms with E-state index in [4.69, 9.17) is 9.52 Å². The maximum absolute atomic E-state index is 11.9. The zero-order chi connectivity index (χ0) is 15.9. The quantitative estimate of drug-likeness (QED) is 0.765. The van der Waals surface area contributed by atoms with Crippen LogP contribution in [0.1, 0.15) is 25.5 Å². The molecular weight excluding hydrogens is 282 g/mol. The topological polar surface area (TPSA) is 87.4 Å². The summed E-state index contributed by atoms with van der Waals surface area (Å²) in [5, 5.41) is 14.4. The summed E-state index contributed by atoms with van der Waals surface area (Å²) in [6.45, 7) is 3.89. The normalized spacial score (nSPS) is 12.0. The van der Waals surface area contributed by atoms with Crippen molar-refractivity contribution in [2.45, 2.75) is 32.7 Å². The number of hydrogen-bond donors (Lipinski definition) is 3. The molecule has 0 aliphatic rings. The lowest BCUT2D eigenvalue weighted by Gasteiger charge is -2.14. The molecule has 0 aliphatic carbocycles. The average Bonchev–Trinajstić information content (AvgIpc) is 2.92. The Bertz CT molecular complexity index is 625. The summed E-state index contributed by atoms with van der Waals surface area (Å²) >= 11 is 0. The van der Waals surface area contributed by atoms with Crippen LogP contribution < -0.4 is 10.6 Å². The molecule has 1 heterocycles.